The molecule has 84 valence electrons. The molecule has 0 bridgehead atoms. The highest BCUT2D eigenvalue weighted by Gasteiger charge is 2.24. The summed E-state index contributed by atoms with van der Waals surface area (Å²) in [6, 6.07) is 4.30. The summed E-state index contributed by atoms with van der Waals surface area (Å²) < 4.78 is 1.12. The number of nitrogens with zero attached hydrogens (tertiary/aromatic N) is 1. The van der Waals surface area contributed by atoms with Crippen LogP contribution >= 0.6 is 15.9 Å². The molecule has 0 radical (unpaired) electrons. The van der Waals surface area contributed by atoms with E-state index in [2.05, 4.69) is 68.5 Å². The molecule has 0 saturated carbocycles. The van der Waals surface area contributed by atoms with Gasteiger partial charge in [-0.1, -0.05) is 40.4 Å². The maximum Gasteiger partial charge on any atom is 0.101 e. The van der Waals surface area contributed by atoms with Gasteiger partial charge in [0.05, 0.1) is 5.69 Å². The quantitative estimate of drug-likeness (QED) is 0.718. The Kier molecular flexibility index (Phi) is 3.46. The zero-order valence-electron chi connectivity index (χ0n) is 10.5. The van der Waals surface area contributed by atoms with E-state index in [9.17, 15) is 0 Å². The second-order valence-corrected chi connectivity index (χ2v) is 11.9. The molecule has 0 atom stereocenters. The van der Waals surface area contributed by atoms with Crippen LogP contribution in [0.15, 0.2) is 16.6 Å². The van der Waals surface area contributed by atoms with E-state index >= 15 is 0 Å². The van der Waals surface area contributed by atoms with E-state index in [4.69, 9.17) is 4.98 Å². The Hall–Kier alpha value is -0.153. The van der Waals surface area contributed by atoms with Gasteiger partial charge in [-0.15, -0.1) is 0 Å². The molecule has 1 aromatic heterocycles. The molecule has 0 aromatic carbocycles. The minimum absolute atomic E-state index is 0.106. The van der Waals surface area contributed by atoms with Crippen LogP contribution in [0.3, 0.4) is 0 Å². The Bertz CT molecular complexity index is 361. The van der Waals surface area contributed by atoms with E-state index < -0.39 is 8.07 Å². The van der Waals surface area contributed by atoms with E-state index in [0.29, 0.717) is 0 Å². The topological polar surface area (TPSA) is 12.9 Å². The molecule has 0 unspecified atom stereocenters. The Morgan fingerprint density at radius 3 is 2.07 bits per heavy atom. The highest BCUT2D eigenvalue weighted by molar-refractivity contribution is 9.10. The summed E-state index contributed by atoms with van der Waals surface area (Å²) in [6.07, 6.45) is 0. The fourth-order valence-electron chi connectivity index (χ4n) is 1.39. The number of rotatable bonds is 1. The molecule has 1 aromatic rings. The van der Waals surface area contributed by atoms with Gasteiger partial charge in [0.2, 0.25) is 0 Å². The molecule has 15 heavy (non-hydrogen) atoms. The Labute approximate surface area is 102 Å². The molecule has 3 heteroatoms. The normalized spacial score (nSPS) is 13.0. The molecule has 0 fully saturated rings. The van der Waals surface area contributed by atoms with Crippen LogP contribution in [0.25, 0.3) is 0 Å². The highest BCUT2D eigenvalue weighted by Crippen LogP contribution is 2.27. The molecule has 0 aliphatic heterocycles. The molecule has 0 saturated heterocycles. The molecule has 1 nitrogen and oxygen atoms in total. The molecule has 0 aliphatic rings. The van der Waals surface area contributed by atoms with Gasteiger partial charge >= 0.3 is 0 Å². The molecule has 0 spiro atoms. The molecular formula is C12H20BrNSi. The van der Waals surface area contributed by atoms with Crippen molar-refractivity contribution in [3.63, 3.8) is 0 Å². The first kappa shape index (κ1) is 12.9. The zero-order valence-corrected chi connectivity index (χ0v) is 13.1. The largest absolute Gasteiger partial charge is 0.261 e. The molecule has 0 aliphatic carbocycles. The Morgan fingerprint density at radius 2 is 1.67 bits per heavy atom. The van der Waals surface area contributed by atoms with Crippen LogP contribution in [0.2, 0.25) is 19.6 Å². The average molecular weight is 286 g/mol. The summed E-state index contributed by atoms with van der Waals surface area (Å²) >= 11 is 3.59. The predicted octanol–water partition coefficient (Wildman–Crippen LogP) is 3.69. The minimum atomic E-state index is -1.30. The third-order valence-electron chi connectivity index (χ3n) is 2.32. The van der Waals surface area contributed by atoms with Crippen molar-refractivity contribution in [2.45, 2.75) is 45.8 Å². The number of pyridine rings is 1. The van der Waals surface area contributed by atoms with Gasteiger partial charge in [-0.25, -0.2) is 0 Å². The Morgan fingerprint density at radius 1 is 1.13 bits per heavy atom. The summed E-state index contributed by atoms with van der Waals surface area (Å²) in [5, 5.41) is 1.29. The summed E-state index contributed by atoms with van der Waals surface area (Å²) in [6.45, 7) is 13.6. The first-order chi connectivity index (χ1) is 6.62. The van der Waals surface area contributed by atoms with Gasteiger partial charge in [-0.3, -0.25) is 4.98 Å². The first-order valence-corrected chi connectivity index (χ1v) is 9.59. The summed E-state index contributed by atoms with van der Waals surface area (Å²) in [5.41, 5.74) is 1.27. The molecule has 0 amide bonds. The van der Waals surface area contributed by atoms with Crippen molar-refractivity contribution in [2.75, 3.05) is 0 Å². The smallest absolute Gasteiger partial charge is 0.101 e. The van der Waals surface area contributed by atoms with Gasteiger partial charge in [0.15, 0.2) is 0 Å². The van der Waals surface area contributed by atoms with Gasteiger partial charge in [0.1, 0.15) is 8.07 Å². The van der Waals surface area contributed by atoms with E-state index in [1.807, 2.05) is 0 Å². The van der Waals surface area contributed by atoms with Crippen molar-refractivity contribution in [1.82, 2.24) is 4.98 Å². The monoisotopic (exact) mass is 285 g/mol. The molecule has 1 heterocycles. The van der Waals surface area contributed by atoms with Gasteiger partial charge in [0, 0.05) is 15.2 Å². The SMILES string of the molecule is CC(C)(C)c1nc([Si](C)(C)C)ccc1Br. The first-order valence-electron chi connectivity index (χ1n) is 5.30. The predicted molar refractivity (Wildman–Crippen MR) is 73.6 cm³/mol. The van der Waals surface area contributed by atoms with Crippen molar-refractivity contribution >= 4 is 29.3 Å². The molecule has 0 N–H and O–H groups in total. The lowest BCUT2D eigenvalue weighted by Crippen LogP contribution is -2.41. The Balaban J connectivity index is 3.30. The van der Waals surface area contributed by atoms with Gasteiger partial charge in [-0.2, -0.15) is 0 Å². The maximum atomic E-state index is 4.83. The highest BCUT2D eigenvalue weighted by atomic mass is 79.9. The number of hydrogen-bond donors (Lipinski definition) is 0. The summed E-state index contributed by atoms with van der Waals surface area (Å²) in [4.78, 5) is 4.83. The lowest BCUT2D eigenvalue weighted by molar-refractivity contribution is 0.567. The van der Waals surface area contributed by atoms with Crippen molar-refractivity contribution in [2.24, 2.45) is 0 Å². The second-order valence-electron chi connectivity index (χ2n) is 6.03. The van der Waals surface area contributed by atoms with Crippen LogP contribution in [0.1, 0.15) is 26.5 Å². The summed E-state index contributed by atoms with van der Waals surface area (Å²) in [7, 11) is -1.30. The van der Waals surface area contributed by atoms with Gasteiger partial charge in [0.25, 0.3) is 0 Å². The standard InChI is InChI=1S/C12H20BrNSi/c1-12(2,3)11-9(13)7-8-10(14-11)15(4,5)6/h7-8H,1-6H3. The van der Waals surface area contributed by atoms with E-state index in [1.165, 1.54) is 11.0 Å². The van der Waals surface area contributed by atoms with Crippen LogP contribution in [0.4, 0.5) is 0 Å². The molecular weight excluding hydrogens is 266 g/mol. The van der Waals surface area contributed by atoms with Crippen LogP contribution < -0.4 is 5.32 Å². The van der Waals surface area contributed by atoms with E-state index in [-0.39, 0.29) is 5.41 Å². The third-order valence-corrected chi connectivity index (χ3v) is 4.78. The van der Waals surface area contributed by atoms with E-state index in [1.54, 1.807) is 0 Å². The third kappa shape index (κ3) is 3.15. The minimum Gasteiger partial charge on any atom is -0.261 e. The van der Waals surface area contributed by atoms with Crippen LogP contribution in [-0.2, 0) is 5.41 Å². The fourth-order valence-corrected chi connectivity index (χ4v) is 3.23. The van der Waals surface area contributed by atoms with Crippen LogP contribution in [0, 0.1) is 0 Å². The number of halogens is 1. The van der Waals surface area contributed by atoms with Gasteiger partial charge < -0.3 is 0 Å². The van der Waals surface area contributed by atoms with Crippen LogP contribution in [-0.4, -0.2) is 13.1 Å². The lowest BCUT2D eigenvalue weighted by Gasteiger charge is -2.23. The lowest BCUT2D eigenvalue weighted by atomic mass is 9.92. The zero-order chi connectivity index (χ0) is 11.9. The van der Waals surface area contributed by atoms with Crippen LogP contribution in [0.5, 0.6) is 0 Å². The van der Waals surface area contributed by atoms with Crippen molar-refractivity contribution in [3.05, 3.63) is 22.3 Å². The number of aromatic nitrogens is 1. The maximum absolute atomic E-state index is 4.83. The van der Waals surface area contributed by atoms with E-state index in [0.717, 1.165) is 4.47 Å². The second kappa shape index (κ2) is 4.02. The van der Waals surface area contributed by atoms with Gasteiger partial charge in [-0.05, 0) is 28.1 Å². The van der Waals surface area contributed by atoms with Crippen molar-refractivity contribution in [3.8, 4) is 0 Å². The van der Waals surface area contributed by atoms with Crippen molar-refractivity contribution < 1.29 is 0 Å². The fraction of sp³-hybridized carbons (Fsp3) is 0.583. The van der Waals surface area contributed by atoms with Crippen molar-refractivity contribution in [1.29, 1.82) is 0 Å². The molecule has 1 rings (SSSR count). The summed E-state index contributed by atoms with van der Waals surface area (Å²) in [5.74, 6) is 0. The average Bonchev–Trinajstić information content (AvgIpc) is 2.00. The number of hydrogen-bond acceptors (Lipinski definition) is 1.